The first-order chi connectivity index (χ1) is 13.2. The topological polar surface area (TPSA) is 77.9 Å². The number of rotatable bonds is 5. The second-order valence-electron chi connectivity index (χ2n) is 6.40. The molecule has 0 amide bonds. The number of ether oxygens (including phenoxy) is 2. The summed E-state index contributed by atoms with van der Waals surface area (Å²) in [6, 6.07) is 9.24. The van der Waals surface area contributed by atoms with E-state index in [0.29, 0.717) is 18.8 Å². The Balaban J connectivity index is 1.57. The fraction of sp³-hybridized carbons (Fsp3) is 0.300. The van der Waals surface area contributed by atoms with Gasteiger partial charge in [0.15, 0.2) is 0 Å². The largest absolute Gasteiger partial charge is 0.497 e. The van der Waals surface area contributed by atoms with Crippen LogP contribution in [0.5, 0.6) is 11.5 Å². The molecule has 0 fully saturated rings. The van der Waals surface area contributed by atoms with Crippen LogP contribution in [0.15, 0.2) is 50.3 Å². The minimum Gasteiger partial charge on any atom is -0.497 e. The Kier molecular flexibility index (Phi) is 4.68. The van der Waals surface area contributed by atoms with Crippen molar-refractivity contribution in [2.45, 2.75) is 19.5 Å². The van der Waals surface area contributed by atoms with Gasteiger partial charge in [-0.25, -0.2) is 0 Å². The third-order valence-corrected chi connectivity index (χ3v) is 4.70. The Hall–Kier alpha value is -3.06. The van der Waals surface area contributed by atoms with Gasteiger partial charge >= 0.3 is 0 Å². The maximum absolute atomic E-state index is 11.9. The Bertz CT molecular complexity index is 1010. The number of nitrogens with zero attached hydrogens (tertiary/aromatic N) is 2. The molecular formula is C20H20N2O5. The van der Waals surface area contributed by atoms with Crippen molar-refractivity contribution in [1.82, 2.24) is 10.1 Å². The van der Waals surface area contributed by atoms with E-state index in [9.17, 15) is 4.79 Å². The first-order valence-corrected chi connectivity index (χ1v) is 8.68. The van der Waals surface area contributed by atoms with Crippen molar-refractivity contribution >= 4 is 0 Å². The lowest BCUT2D eigenvalue weighted by Crippen LogP contribution is -2.30. The average molecular weight is 368 g/mol. The first-order valence-electron chi connectivity index (χ1n) is 8.68. The summed E-state index contributed by atoms with van der Waals surface area (Å²) in [5.41, 5.74) is 2.66. The lowest BCUT2D eigenvalue weighted by atomic mass is 10.0. The quantitative estimate of drug-likeness (QED) is 0.685. The predicted octanol–water partition coefficient (Wildman–Crippen LogP) is 2.87. The van der Waals surface area contributed by atoms with Gasteiger partial charge in [0, 0.05) is 36.7 Å². The van der Waals surface area contributed by atoms with Crippen molar-refractivity contribution in [2.75, 3.05) is 20.8 Å². The van der Waals surface area contributed by atoms with Crippen molar-refractivity contribution in [1.29, 1.82) is 0 Å². The molecule has 0 bridgehead atoms. The average Bonchev–Trinajstić information content (AvgIpc) is 3.11. The van der Waals surface area contributed by atoms with Gasteiger partial charge in [0.2, 0.25) is 11.2 Å². The monoisotopic (exact) mass is 368 g/mol. The van der Waals surface area contributed by atoms with Gasteiger partial charge in [-0.15, -0.1) is 0 Å². The minimum atomic E-state index is -0.182. The molecule has 0 spiro atoms. The number of methoxy groups -OCH3 is 2. The molecule has 27 heavy (non-hydrogen) atoms. The van der Waals surface area contributed by atoms with Gasteiger partial charge in [-0.1, -0.05) is 17.3 Å². The van der Waals surface area contributed by atoms with Crippen LogP contribution in [0.1, 0.15) is 17.1 Å². The summed E-state index contributed by atoms with van der Waals surface area (Å²) in [6.45, 7) is 2.00. The molecule has 7 nitrogen and oxygen atoms in total. The van der Waals surface area contributed by atoms with Crippen LogP contribution < -0.4 is 14.9 Å². The standard InChI is InChI=1S/C20H20N2O5/c1-24-14-5-3-4-13(8-14)20-16-11-22(7-6-18(16)27-21-20)10-15-9-17(23)19(25-2)12-26-15/h3-5,8-9,12H,6-7,10-11H2,1-2H3. The normalized spacial score (nSPS) is 14.0. The van der Waals surface area contributed by atoms with E-state index in [4.69, 9.17) is 18.4 Å². The maximum atomic E-state index is 11.9. The van der Waals surface area contributed by atoms with E-state index in [1.165, 1.54) is 19.4 Å². The van der Waals surface area contributed by atoms with E-state index in [1.54, 1.807) is 7.11 Å². The number of hydrogen-bond donors (Lipinski definition) is 0. The van der Waals surface area contributed by atoms with Gasteiger partial charge < -0.3 is 18.4 Å². The van der Waals surface area contributed by atoms with E-state index in [-0.39, 0.29) is 11.2 Å². The summed E-state index contributed by atoms with van der Waals surface area (Å²) < 4.78 is 21.3. The van der Waals surface area contributed by atoms with Gasteiger partial charge in [-0.05, 0) is 12.1 Å². The molecule has 0 N–H and O–H groups in total. The smallest absolute Gasteiger partial charge is 0.227 e. The molecule has 3 heterocycles. The Morgan fingerprint density at radius 2 is 2.11 bits per heavy atom. The van der Waals surface area contributed by atoms with Gasteiger partial charge in [0.25, 0.3) is 0 Å². The molecule has 0 saturated heterocycles. The lowest BCUT2D eigenvalue weighted by Gasteiger charge is -2.25. The second kappa shape index (κ2) is 7.28. The third kappa shape index (κ3) is 3.46. The SMILES string of the molecule is COc1cccc(-c2noc3c2CN(Cc2cc(=O)c(OC)co2)CC3)c1. The number of hydrogen-bond acceptors (Lipinski definition) is 7. The molecular weight excluding hydrogens is 348 g/mol. The van der Waals surface area contributed by atoms with Crippen molar-refractivity contribution in [2.24, 2.45) is 0 Å². The van der Waals surface area contributed by atoms with Crippen LogP contribution in [0.3, 0.4) is 0 Å². The molecule has 1 aliphatic heterocycles. The Morgan fingerprint density at radius 1 is 1.22 bits per heavy atom. The summed E-state index contributed by atoms with van der Waals surface area (Å²) in [6.07, 6.45) is 2.11. The van der Waals surface area contributed by atoms with E-state index >= 15 is 0 Å². The highest BCUT2D eigenvalue weighted by atomic mass is 16.5. The molecule has 2 aromatic heterocycles. The van der Waals surface area contributed by atoms with Gasteiger partial charge in [-0.2, -0.15) is 0 Å². The third-order valence-electron chi connectivity index (χ3n) is 4.70. The summed E-state index contributed by atoms with van der Waals surface area (Å²) >= 11 is 0. The van der Waals surface area contributed by atoms with Crippen LogP contribution in [0.2, 0.25) is 0 Å². The van der Waals surface area contributed by atoms with Crippen molar-refractivity contribution in [3.05, 3.63) is 63.9 Å². The summed E-state index contributed by atoms with van der Waals surface area (Å²) in [4.78, 5) is 14.1. The van der Waals surface area contributed by atoms with Gasteiger partial charge in [0.1, 0.15) is 29.2 Å². The summed E-state index contributed by atoms with van der Waals surface area (Å²) in [7, 11) is 3.09. The molecule has 1 aliphatic rings. The zero-order valence-corrected chi connectivity index (χ0v) is 15.2. The maximum Gasteiger partial charge on any atom is 0.227 e. The molecule has 7 heteroatoms. The van der Waals surface area contributed by atoms with E-state index < -0.39 is 0 Å². The highest BCUT2D eigenvalue weighted by molar-refractivity contribution is 5.65. The van der Waals surface area contributed by atoms with Crippen LogP contribution in [0, 0.1) is 0 Å². The van der Waals surface area contributed by atoms with Gasteiger partial charge in [0.05, 0.1) is 20.8 Å². The van der Waals surface area contributed by atoms with E-state index in [1.807, 2.05) is 24.3 Å². The van der Waals surface area contributed by atoms with E-state index in [2.05, 4.69) is 10.1 Å². The van der Waals surface area contributed by atoms with Crippen LogP contribution in [-0.2, 0) is 19.5 Å². The van der Waals surface area contributed by atoms with Gasteiger partial charge in [-0.3, -0.25) is 9.69 Å². The number of fused-ring (bicyclic) bond motifs is 1. The summed E-state index contributed by atoms with van der Waals surface area (Å²) in [5, 5.41) is 4.27. The van der Waals surface area contributed by atoms with Crippen LogP contribution >= 0.6 is 0 Å². The Morgan fingerprint density at radius 3 is 2.89 bits per heavy atom. The van der Waals surface area contributed by atoms with E-state index in [0.717, 1.165) is 41.3 Å². The predicted molar refractivity (Wildman–Crippen MR) is 97.8 cm³/mol. The molecule has 1 aromatic carbocycles. The summed E-state index contributed by atoms with van der Waals surface area (Å²) in [5.74, 6) is 2.49. The van der Waals surface area contributed by atoms with Crippen LogP contribution in [0.4, 0.5) is 0 Å². The minimum absolute atomic E-state index is 0.182. The van der Waals surface area contributed by atoms with Crippen LogP contribution in [-0.4, -0.2) is 30.8 Å². The zero-order valence-electron chi connectivity index (χ0n) is 15.2. The van der Waals surface area contributed by atoms with Crippen molar-refractivity contribution in [3.8, 4) is 22.8 Å². The number of benzene rings is 1. The molecule has 0 radical (unpaired) electrons. The lowest BCUT2D eigenvalue weighted by molar-refractivity contribution is 0.209. The zero-order chi connectivity index (χ0) is 18.8. The molecule has 140 valence electrons. The number of aromatic nitrogens is 1. The highest BCUT2D eigenvalue weighted by Crippen LogP contribution is 2.32. The molecule has 0 aliphatic carbocycles. The first kappa shape index (κ1) is 17.4. The fourth-order valence-electron chi connectivity index (χ4n) is 3.29. The molecule has 0 unspecified atom stereocenters. The molecule has 3 aromatic rings. The molecule has 0 saturated carbocycles. The fourth-order valence-corrected chi connectivity index (χ4v) is 3.29. The highest BCUT2D eigenvalue weighted by Gasteiger charge is 2.25. The Labute approximate surface area is 156 Å². The van der Waals surface area contributed by atoms with Crippen molar-refractivity contribution in [3.63, 3.8) is 0 Å². The van der Waals surface area contributed by atoms with Crippen LogP contribution in [0.25, 0.3) is 11.3 Å². The second-order valence-corrected chi connectivity index (χ2v) is 6.40. The molecule has 4 rings (SSSR count). The molecule has 0 atom stereocenters. The van der Waals surface area contributed by atoms with Crippen molar-refractivity contribution < 1.29 is 18.4 Å².